The lowest BCUT2D eigenvalue weighted by atomic mass is 9.89. The van der Waals surface area contributed by atoms with Crippen molar-refractivity contribution in [3.63, 3.8) is 0 Å². The Morgan fingerprint density at radius 3 is 1.21 bits per heavy atom. The van der Waals surface area contributed by atoms with Crippen LogP contribution >= 0.6 is 0 Å². The van der Waals surface area contributed by atoms with Crippen molar-refractivity contribution < 1.29 is 0 Å². The highest BCUT2D eigenvalue weighted by molar-refractivity contribution is 6.80. The lowest BCUT2D eigenvalue weighted by Gasteiger charge is -2.40. The van der Waals surface area contributed by atoms with E-state index >= 15 is 0 Å². The van der Waals surface area contributed by atoms with Gasteiger partial charge in [0.15, 0.2) is 0 Å². The minimum atomic E-state index is -1.22. The number of rotatable bonds is 2. The van der Waals surface area contributed by atoms with Gasteiger partial charge in [0, 0.05) is 0 Å². The predicted molar refractivity (Wildman–Crippen MR) is 113 cm³/mol. The van der Waals surface area contributed by atoms with E-state index in [0.717, 1.165) is 11.1 Å². The van der Waals surface area contributed by atoms with Crippen LogP contribution < -0.4 is 0 Å². The fourth-order valence-electron chi connectivity index (χ4n) is 4.39. The Balaban J connectivity index is 2.06. The van der Waals surface area contributed by atoms with Crippen LogP contribution in [0.3, 0.4) is 0 Å². The fourth-order valence-corrected chi connectivity index (χ4v) is 8.52. The first kappa shape index (κ1) is 17.9. The lowest BCUT2D eigenvalue weighted by Crippen LogP contribution is -2.35. The van der Waals surface area contributed by atoms with Gasteiger partial charge in [0.1, 0.15) is 0 Å². The van der Waals surface area contributed by atoms with E-state index < -0.39 is 16.1 Å². The molecule has 0 saturated heterocycles. The zero-order chi connectivity index (χ0) is 17.5. The van der Waals surface area contributed by atoms with Gasteiger partial charge in [-0.05, 0) is 47.9 Å². The van der Waals surface area contributed by atoms with Crippen LogP contribution in [0.4, 0.5) is 0 Å². The first-order chi connectivity index (χ1) is 11.1. The van der Waals surface area contributed by atoms with Crippen molar-refractivity contribution in [3.8, 4) is 0 Å². The number of benzene rings is 1. The van der Waals surface area contributed by atoms with Gasteiger partial charge in [0.25, 0.3) is 0 Å². The molecule has 2 atom stereocenters. The monoisotopic (exact) mass is 354 g/mol. The summed E-state index contributed by atoms with van der Waals surface area (Å²) in [5.41, 5.74) is 8.03. The Kier molecular flexibility index (Phi) is 4.83. The van der Waals surface area contributed by atoms with Crippen LogP contribution in [0.1, 0.15) is 24.0 Å². The molecule has 0 amide bonds. The van der Waals surface area contributed by atoms with Gasteiger partial charge in [-0.1, -0.05) is 86.8 Å². The van der Waals surface area contributed by atoms with Crippen molar-refractivity contribution in [1.82, 2.24) is 0 Å². The van der Waals surface area contributed by atoms with Crippen LogP contribution in [-0.4, -0.2) is 16.1 Å². The minimum Gasteiger partial charge on any atom is -0.0806 e. The highest BCUT2D eigenvalue weighted by Crippen LogP contribution is 2.47. The van der Waals surface area contributed by atoms with E-state index in [9.17, 15) is 0 Å². The van der Waals surface area contributed by atoms with Crippen LogP contribution in [0.5, 0.6) is 0 Å². The second kappa shape index (κ2) is 6.46. The van der Waals surface area contributed by atoms with E-state index in [2.05, 4.69) is 75.7 Å². The predicted octanol–water partition coefficient (Wildman–Crippen LogP) is 6.85. The molecule has 0 N–H and O–H groups in total. The quantitative estimate of drug-likeness (QED) is 0.402. The molecule has 0 aromatic heterocycles. The zero-order valence-electron chi connectivity index (χ0n) is 16.4. The molecule has 5 aliphatic carbocycles. The zero-order valence-corrected chi connectivity index (χ0v) is 18.4. The molecule has 0 fully saturated rings. The van der Waals surface area contributed by atoms with Crippen molar-refractivity contribution in [2.24, 2.45) is 0 Å². The molecule has 4 bridgehead atoms. The average Bonchev–Trinajstić information content (AvgIpc) is 2.47. The first-order valence-electron chi connectivity index (χ1n) is 9.63. The molecule has 6 rings (SSSR count). The molecule has 24 heavy (non-hydrogen) atoms. The fraction of sp³-hybridized carbons (Fsp3) is 0.545. The van der Waals surface area contributed by atoms with E-state index in [0.29, 0.717) is 0 Å². The molecule has 0 spiro atoms. The summed E-state index contributed by atoms with van der Waals surface area (Å²) in [6, 6.07) is 9.44. The molecule has 0 heterocycles. The SMILES string of the molecule is C[Si](C)(C)[C@@H]1C=C2CCc3ccc(cc3)CCC1=C[C@H]2[Si](C)(C)C. The van der Waals surface area contributed by atoms with Crippen LogP contribution in [0, 0.1) is 0 Å². The number of allylic oxidation sites excluding steroid dienone is 4. The van der Waals surface area contributed by atoms with Crippen molar-refractivity contribution in [1.29, 1.82) is 0 Å². The van der Waals surface area contributed by atoms with Gasteiger partial charge in [0.05, 0.1) is 16.1 Å². The standard InChI is InChI=1S/C22H34Si2/c1-23(2,3)21-15-20-14-12-18-9-7-17(8-10-18)11-13-19(21)16-22(20)24(4,5)6/h7-10,15-16,21-22H,11-14H2,1-6H3/t21-,22-/m1/s1. The van der Waals surface area contributed by atoms with Gasteiger partial charge in [-0.15, -0.1) is 0 Å². The third-order valence-corrected chi connectivity index (χ3v) is 10.7. The topological polar surface area (TPSA) is 0 Å². The molecule has 0 saturated carbocycles. The van der Waals surface area contributed by atoms with Gasteiger partial charge in [-0.25, -0.2) is 0 Å². The normalized spacial score (nSPS) is 24.9. The first-order valence-corrected chi connectivity index (χ1v) is 16.8. The van der Waals surface area contributed by atoms with Crippen LogP contribution in [0.2, 0.25) is 50.4 Å². The highest BCUT2D eigenvalue weighted by atomic mass is 28.3. The van der Waals surface area contributed by atoms with E-state index in [1.807, 2.05) is 0 Å². The smallest absolute Gasteiger partial charge is 0.0561 e. The summed E-state index contributed by atoms with van der Waals surface area (Å²) in [4.78, 5) is 0. The third kappa shape index (κ3) is 3.86. The van der Waals surface area contributed by atoms with E-state index in [1.54, 1.807) is 11.1 Å². The average molecular weight is 355 g/mol. The van der Waals surface area contributed by atoms with Gasteiger partial charge >= 0.3 is 0 Å². The van der Waals surface area contributed by atoms with Crippen molar-refractivity contribution in [2.45, 2.75) is 76.0 Å². The number of hydrogen-bond donors (Lipinski definition) is 0. The molecule has 1 aromatic carbocycles. The van der Waals surface area contributed by atoms with E-state index in [-0.39, 0.29) is 0 Å². The minimum absolute atomic E-state index is 0.747. The van der Waals surface area contributed by atoms with Crippen molar-refractivity contribution in [3.05, 3.63) is 58.7 Å². The Bertz CT molecular complexity index is 592. The lowest BCUT2D eigenvalue weighted by molar-refractivity contribution is 0.812. The van der Waals surface area contributed by atoms with Gasteiger partial charge in [-0.3, -0.25) is 0 Å². The highest BCUT2D eigenvalue weighted by Gasteiger charge is 2.37. The maximum absolute atomic E-state index is 2.75. The molecule has 130 valence electrons. The van der Waals surface area contributed by atoms with Crippen LogP contribution in [0.25, 0.3) is 0 Å². The summed E-state index contributed by atoms with van der Waals surface area (Å²) in [5.74, 6) is 0. The van der Waals surface area contributed by atoms with Crippen LogP contribution in [-0.2, 0) is 12.8 Å². The summed E-state index contributed by atoms with van der Waals surface area (Å²) in [6.07, 6.45) is 10.4. The summed E-state index contributed by atoms with van der Waals surface area (Å²) in [6.45, 7) is 15.3. The molecule has 0 unspecified atom stereocenters. The Morgan fingerprint density at radius 2 is 0.917 bits per heavy atom. The molecular weight excluding hydrogens is 320 g/mol. The van der Waals surface area contributed by atoms with Gasteiger partial charge in [-0.2, -0.15) is 0 Å². The summed E-state index contributed by atoms with van der Waals surface area (Å²) < 4.78 is 0. The Labute approximate surface area is 151 Å². The number of hydrogen-bond acceptors (Lipinski definition) is 0. The van der Waals surface area contributed by atoms with E-state index in [1.165, 1.54) is 36.8 Å². The summed E-state index contributed by atoms with van der Waals surface area (Å²) in [7, 11) is -2.45. The largest absolute Gasteiger partial charge is 0.0806 e. The molecule has 0 aliphatic heterocycles. The van der Waals surface area contributed by atoms with Gasteiger partial charge in [0.2, 0.25) is 0 Å². The Hall–Kier alpha value is -0.866. The Morgan fingerprint density at radius 1 is 0.583 bits per heavy atom. The maximum atomic E-state index is 2.75. The second-order valence-electron chi connectivity index (χ2n) is 9.99. The molecule has 5 aliphatic rings. The van der Waals surface area contributed by atoms with Gasteiger partial charge < -0.3 is 0 Å². The maximum Gasteiger partial charge on any atom is 0.0561 e. The molecule has 2 heteroatoms. The third-order valence-electron chi connectivity index (χ3n) is 5.85. The van der Waals surface area contributed by atoms with Crippen molar-refractivity contribution >= 4 is 16.1 Å². The van der Waals surface area contributed by atoms with Crippen LogP contribution in [0.15, 0.2) is 47.6 Å². The molecular formula is C22H34Si2. The summed E-state index contributed by atoms with van der Waals surface area (Å²) >= 11 is 0. The number of aryl methyl sites for hydroxylation is 2. The second-order valence-corrected chi connectivity index (χ2v) is 20.7. The summed E-state index contributed by atoms with van der Waals surface area (Å²) in [5, 5.41) is 0. The van der Waals surface area contributed by atoms with Crippen molar-refractivity contribution in [2.75, 3.05) is 0 Å². The molecule has 1 aromatic rings. The molecule has 0 radical (unpaired) electrons. The molecule has 0 nitrogen and oxygen atoms in total. The van der Waals surface area contributed by atoms with E-state index in [4.69, 9.17) is 0 Å².